The van der Waals surface area contributed by atoms with Gasteiger partial charge in [-0.25, -0.2) is 0 Å². The fourth-order valence-corrected chi connectivity index (χ4v) is 3.20. The minimum absolute atomic E-state index is 0.0785. The van der Waals surface area contributed by atoms with Gasteiger partial charge in [0.1, 0.15) is 0 Å². The van der Waals surface area contributed by atoms with Crippen LogP contribution in [-0.4, -0.2) is 31.3 Å². The van der Waals surface area contributed by atoms with Gasteiger partial charge in [0.15, 0.2) is 0 Å². The fraction of sp³-hybridized carbons (Fsp3) is 1.00. The van der Waals surface area contributed by atoms with Crippen LogP contribution in [0.4, 0.5) is 0 Å². The van der Waals surface area contributed by atoms with E-state index in [1.807, 2.05) is 0 Å². The van der Waals surface area contributed by atoms with Crippen molar-refractivity contribution in [1.82, 2.24) is 5.32 Å². The first-order chi connectivity index (χ1) is 8.23. The highest BCUT2D eigenvalue weighted by atomic mass is 16.5. The van der Waals surface area contributed by atoms with E-state index in [2.05, 4.69) is 39.9 Å². The molecule has 3 heteroatoms. The summed E-state index contributed by atoms with van der Waals surface area (Å²) < 4.78 is 5.75. The average Bonchev–Trinajstić information content (AvgIpc) is 2.86. The number of hydrogen-bond donors (Lipinski definition) is 2. The van der Waals surface area contributed by atoms with Crippen LogP contribution >= 0.6 is 0 Å². The first kappa shape index (κ1) is 14.3. The van der Waals surface area contributed by atoms with Crippen LogP contribution in [0, 0.1) is 16.7 Å². The predicted octanol–water partition coefficient (Wildman–Crippen LogP) is 2.15. The van der Waals surface area contributed by atoms with Gasteiger partial charge in [0, 0.05) is 24.1 Å². The number of nitrogens with one attached hydrogen (secondary N) is 1. The summed E-state index contributed by atoms with van der Waals surface area (Å²) in [5, 5.41) is 3.58. The van der Waals surface area contributed by atoms with Gasteiger partial charge in [-0.3, -0.25) is 0 Å². The summed E-state index contributed by atoms with van der Waals surface area (Å²) in [4.78, 5) is 0. The van der Waals surface area contributed by atoms with Crippen molar-refractivity contribution < 1.29 is 4.74 Å². The molecular weight excluding hydrogens is 224 g/mol. The Bertz CT molecular complexity index is 314. The van der Waals surface area contributed by atoms with Crippen molar-refractivity contribution in [2.75, 3.05) is 19.7 Å². The molecule has 0 spiro atoms. The molecule has 0 bridgehead atoms. The topological polar surface area (TPSA) is 47.3 Å². The molecule has 106 valence electrons. The van der Waals surface area contributed by atoms with Crippen LogP contribution in [-0.2, 0) is 4.74 Å². The third-order valence-corrected chi connectivity index (χ3v) is 5.55. The van der Waals surface area contributed by atoms with E-state index in [0.717, 1.165) is 32.0 Å². The standard InChI is InChI=1S/C15H30N2O/c1-6-18-12-8-15(16,14(12,4)5)10-17-9-11-7-13(11,2)3/h11-12,17H,6-10,16H2,1-5H3. The Labute approximate surface area is 112 Å². The molecule has 0 aromatic heterocycles. The lowest BCUT2D eigenvalue weighted by molar-refractivity contribution is -0.148. The quantitative estimate of drug-likeness (QED) is 0.763. The molecule has 0 saturated heterocycles. The van der Waals surface area contributed by atoms with Crippen LogP contribution in [0.2, 0.25) is 0 Å². The maximum absolute atomic E-state index is 6.53. The molecule has 3 atom stereocenters. The van der Waals surface area contributed by atoms with Crippen molar-refractivity contribution in [1.29, 1.82) is 0 Å². The smallest absolute Gasteiger partial charge is 0.0662 e. The SMILES string of the molecule is CCOC1CC(N)(CNCC2CC2(C)C)C1(C)C. The minimum Gasteiger partial charge on any atom is -0.378 e. The van der Waals surface area contributed by atoms with Gasteiger partial charge in [-0.05, 0) is 37.6 Å². The van der Waals surface area contributed by atoms with Gasteiger partial charge in [-0.15, -0.1) is 0 Å². The second-order valence-corrected chi connectivity index (χ2v) is 7.55. The van der Waals surface area contributed by atoms with Crippen LogP contribution in [0.5, 0.6) is 0 Å². The minimum atomic E-state index is -0.105. The summed E-state index contributed by atoms with van der Waals surface area (Å²) in [5.41, 5.74) is 7.06. The average molecular weight is 254 g/mol. The Morgan fingerprint density at radius 3 is 2.28 bits per heavy atom. The van der Waals surface area contributed by atoms with Crippen LogP contribution in [0.1, 0.15) is 47.5 Å². The van der Waals surface area contributed by atoms with Crippen LogP contribution in [0.3, 0.4) is 0 Å². The summed E-state index contributed by atoms with van der Waals surface area (Å²) in [6.45, 7) is 14.0. The molecule has 0 radical (unpaired) electrons. The van der Waals surface area contributed by atoms with Crippen molar-refractivity contribution in [2.24, 2.45) is 22.5 Å². The summed E-state index contributed by atoms with van der Waals surface area (Å²) in [6.07, 6.45) is 2.66. The lowest BCUT2D eigenvalue weighted by atomic mass is 9.54. The summed E-state index contributed by atoms with van der Waals surface area (Å²) in [5.74, 6) is 0.840. The highest BCUT2D eigenvalue weighted by Crippen LogP contribution is 2.52. The van der Waals surface area contributed by atoms with E-state index in [-0.39, 0.29) is 11.0 Å². The zero-order valence-electron chi connectivity index (χ0n) is 12.7. The first-order valence-corrected chi connectivity index (χ1v) is 7.34. The number of ether oxygens (including phenoxy) is 1. The molecule has 0 aliphatic heterocycles. The highest BCUT2D eigenvalue weighted by Gasteiger charge is 2.58. The Hall–Kier alpha value is -0.120. The largest absolute Gasteiger partial charge is 0.378 e. The second kappa shape index (κ2) is 4.46. The number of rotatable bonds is 6. The van der Waals surface area contributed by atoms with Gasteiger partial charge in [0.05, 0.1) is 6.10 Å². The van der Waals surface area contributed by atoms with Crippen LogP contribution < -0.4 is 11.1 Å². The van der Waals surface area contributed by atoms with Gasteiger partial charge < -0.3 is 15.8 Å². The maximum atomic E-state index is 6.53. The molecule has 3 unspecified atom stereocenters. The van der Waals surface area contributed by atoms with E-state index in [9.17, 15) is 0 Å². The van der Waals surface area contributed by atoms with Crippen molar-refractivity contribution in [3.8, 4) is 0 Å². The van der Waals surface area contributed by atoms with Crippen LogP contribution in [0.15, 0.2) is 0 Å². The molecule has 2 saturated carbocycles. The van der Waals surface area contributed by atoms with Crippen molar-refractivity contribution in [3.63, 3.8) is 0 Å². The first-order valence-electron chi connectivity index (χ1n) is 7.34. The molecule has 18 heavy (non-hydrogen) atoms. The molecule has 0 aromatic carbocycles. The highest BCUT2D eigenvalue weighted by molar-refractivity contribution is 5.14. The molecule has 0 heterocycles. The second-order valence-electron chi connectivity index (χ2n) is 7.55. The molecular formula is C15H30N2O. The van der Waals surface area contributed by atoms with Crippen molar-refractivity contribution >= 4 is 0 Å². The number of nitrogens with two attached hydrogens (primary N) is 1. The van der Waals surface area contributed by atoms with Gasteiger partial charge in [-0.1, -0.05) is 27.7 Å². The van der Waals surface area contributed by atoms with E-state index >= 15 is 0 Å². The Kier molecular flexibility index (Phi) is 3.54. The van der Waals surface area contributed by atoms with E-state index in [1.54, 1.807) is 0 Å². The number of hydrogen-bond acceptors (Lipinski definition) is 3. The van der Waals surface area contributed by atoms with Crippen molar-refractivity contribution in [3.05, 3.63) is 0 Å². The van der Waals surface area contributed by atoms with E-state index in [1.165, 1.54) is 6.42 Å². The Morgan fingerprint density at radius 1 is 1.22 bits per heavy atom. The zero-order valence-corrected chi connectivity index (χ0v) is 12.7. The monoisotopic (exact) mass is 254 g/mol. The van der Waals surface area contributed by atoms with Gasteiger partial charge in [-0.2, -0.15) is 0 Å². The van der Waals surface area contributed by atoms with E-state index in [0.29, 0.717) is 11.5 Å². The maximum Gasteiger partial charge on any atom is 0.0662 e. The molecule has 3 nitrogen and oxygen atoms in total. The third kappa shape index (κ3) is 2.33. The molecule has 0 amide bonds. The van der Waals surface area contributed by atoms with E-state index < -0.39 is 0 Å². The molecule has 2 fully saturated rings. The summed E-state index contributed by atoms with van der Waals surface area (Å²) in [6, 6.07) is 0. The summed E-state index contributed by atoms with van der Waals surface area (Å²) in [7, 11) is 0. The third-order valence-electron chi connectivity index (χ3n) is 5.55. The van der Waals surface area contributed by atoms with Crippen molar-refractivity contribution in [2.45, 2.75) is 59.1 Å². The normalized spacial score (nSPS) is 40.3. The lowest BCUT2D eigenvalue weighted by Gasteiger charge is -2.59. The Morgan fingerprint density at radius 2 is 1.83 bits per heavy atom. The van der Waals surface area contributed by atoms with E-state index in [4.69, 9.17) is 10.5 Å². The van der Waals surface area contributed by atoms with Gasteiger partial charge >= 0.3 is 0 Å². The molecule has 3 N–H and O–H groups in total. The molecule has 2 aliphatic rings. The molecule has 0 aromatic rings. The summed E-state index contributed by atoms with van der Waals surface area (Å²) >= 11 is 0. The van der Waals surface area contributed by atoms with Gasteiger partial charge in [0.25, 0.3) is 0 Å². The molecule has 2 aliphatic carbocycles. The zero-order chi connectivity index (χ0) is 13.6. The lowest BCUT2D eigenvalue weighted by Crippen LogP contribution is -2.73. The predicted molar refractivity (Wildman–Crippen MR) is 75.5 cm³/mol. The molecule has 2 rings (SSSR count). The fourth-order valence-electron chi connectivity index (χ4n) is 3.20. The van der Waals surface area contributed by atoms with Crippen LogP contribution in [0.25, 0.3) is 0 Å². The Balaban J connectivity index is 1.76. The van der Waals surface area contributed by atoms with Gasteiger partial charge in [0.2, 0.25) is 0 Å².